The zero-order chi connectivity index (χ0) is 10.9. The quantitative estimate of drug-likeness (QED) is 0.572. The third-order valence-electron chi connectivity index (χ3n) is 0.704. The molecule has 0 N–H and O–H groups in total. The second-order valence-electron chi connectivity index (χ2n) is 4.80. The van der Waals surface area contributed by atoms with E-state index in [0.717, 1.165) is 0 Å². The molecule has 0 aromatic rings. The van der Waals surface area contributed by atoms with Gasteiger partial charge in [-0.05, 0) is 0 Å². The van der Waals surface area contributed by atoms with Crippen LogP contribution in [0.4, 0.5) is 0 Å². The molecule has 0 aliphatic rings. The molecule has 0 unspecified atom stereocenters. The van der Waals surface area contributed by atoms with Crippen LogP contribution >= 0.6 is 0 Å². The van der Waals surface area contributed by atoms with Crippen LogP contribution in [0, 0.1) is 0 Å². The standard InChI is InChI=1S/6CH3.Mo.4O.2Sn/h6*1H3;;;;;;;. The van der Waals surface area contributed by atoms with E-state index in [2.05, 4.69) is 0 Å². The van der Waals surface area contributed by atoms with Crippen molar-refractivity contribution in [3.8, 4) is 0 Å². The first-order chi connectivity index (χ1) is 5.41. The van der Waals surface area contributed by atoms with Gasteiger partial charge < -0.3 is 0 Å². The first-order valence-electron chi connectivity index (χ1n) is 4.07. The fraction of sp³-hybridized carbons (Fsp3) is 1.00. The third kappa shape index (κ3) is 10.1. The number of hydrogen-bond donors (Lipinski definition) is 0. The van der Waals surface area contributed by atoms with Gasteiger partial charge in [0.1, 0.15) is 0 Å². The predicted molar refractivity (Wildman–Crippen MR) is 50.2 cm³/mol. The molecule has 0 radical (unpaired) electrons. The molecule has 80 valence electrons. The second kappa shape index (κ2) is 4.76. The SMILES string of the molecule is [CH3][Sn]([CH3])([CH3])[O][Mo](=[O])(=[O])[O][Sn]([CH3])([CH3])[CH3]. The van der Waals surface area contributed by atoms with Gasteiger partial charge in [0.2, 0.25) is 0 Å². The maximum absolute atomic E-state index is 11.4. The Hall–Kier alpha value is 1.81. The Morgan fingerprint density at radius 1 is 0.769 bits per heavy atom. The molecule has 0 saturated heterocycles. The molecule has 0 aromatic carbocycles. The van der Waals surface area contributed by atoms with Gasteiger partial charge in [0.25, 0.3) is 0 Å². The van der Waals surface area contributed by atoms with Crippen molar-refractivity contribution in [3.63, 3.8) is 0 Å². The van der Waals surface area contributed by atoms with Gasteiger partial charge in [-0.1, -0.05) is 0 Å². The summed E-state index contributed by atoms with van der Waals surface area (Å²) in [5.41, 5.74) is 0. The molecular formula is C6H18MoO4Sn2. The molecule has 0 aromatic heterocycles. The van der Waals surface area contributed by atoms with Crippen LogP contribution in [0.1, 0.15) is 0 Å². The van der Waals surface area contributed by atoms with Gasteiger partial charge in [-0.15, -0.1) is 0 Å². The fourth-order valence-electron chi connectivity index (χ4n) is 0.629. The topological polar surface area (TPSA) is 52.6 Å². The van der Waals surface area contributed by atoms with E-state index in [1.165, 1.54) is 0 Å². The Bertz CT molecular complexity index is 237. The Kier molecular flexibility index (Phi) is 5.42. The zero-order valence-electron chi connectivity index (χ0n) is 9.04. The van der Waals surface area contributed by atoms with Crippen LogP contribution in [0.15, 0.2) is 0 Å². The van der Waals surface area contributed by atoms with Crippen LogP contribution in [-0.2, 0) is 27.0 Å². The van der Waals surface area contributed by atoms with Gasteiger partial charge in [0, 0.05) is 0 Å². The Morgan fingerprint density at radius 3 is 1.15 bits per heavy atom. The summed E-state index contributed by atoms with van der Waals surface area (Å²) in [5.74, 6) is 0. The van der Waals surface area contributed by atoms with E-state index in [-0.39, 0.29) is 0 Å². The van der Waals surface area contributed by atoms with Crippen LogP contribution in [0.2, 0.25) is 29.6 Å². The van der Waals surface area contributed by atoms with Gasteiger partial charge in [-0.25, -0.2) is 0 Å². The van der Waals surface area contributed by atoms with Gasteiger partial charge in [0.05, 0.1) is 0 Å². The first kappa shape index (κ1) is 14.8. The molecule has 13 heavy (non-hydrogen) atoms. The second-order valence-corrected chi connectivity index (χ2v) is 37.4. The van der Waals surface area contributed by atoms with E-state index in [0.29, 0.717) is 0 Å². The van der Waals surface area contributed by atoms with Gasteiger partial charge in [-0.2, -0.15) is 0 Å². The predicted octanol–water partition coefficient (Wildman–Crippen LogP) is 2.36. The summed E-state index contributed by atoms with van der Waals surface area (Å²) >= 11 is -10.2. The van der Waals surface area contributed by atoms with Crippen molar-refractivity contribution in [1.29, 1.82) is 0 Å². The monoisotopic (exact) mass is 492 g/mol. The van der Waals surface area contributed by atoms with Gasteiger partial charge >= 0.3 is 94.2 Å². The van der Waals surface area contributed by atoms with E-state index in [1.807, 2.05) is 29.6 Å². The van der Waals surface area contributed by atoms with Crippen LogP contribution in [-0.4, -0.2) is 37.6 Å². The van der Waals surface area contributed by atoms with Crippen molar-refractivity contribution in [2.24, 2.45) is 0 Å². The summed E-state index contributed by atoms with van der Waals surface area (Å²) in [7, 11) is 0. The van der Waals surface area contributed by atoms with Crippen LogP contribution in [0.25, 0.3) is 0 Å². The van der Waals surface area contributed by atoms with Crippen LogP contribution in [0.5, 0.6) is 0 Å². The van der Waals surface area contributed by atoms with E-state index in [1.54, 1.807) is 0 Å². The summed E-state index contributed by atoms with van der Waals surface area (Å²) in [6, 6.07) is 0. The van der Waals surface area contributed by atoms with E-state index in [9.17, 15) is 6.80 Å². The Labute approximate surface area is 92.9 Å². The molecule has 0 amide bonds. The molecule has 0 saturated carbocycles. The van der Waals surface area contributed by atoms with E-state index < -0.39 is 54.3 Å². The molecule has 0 spiro atoms. The molecule has 0 fully saturated rings. The van der Waals surface area contributed by atoms with Crippen LogP contribution < -0.4 is 0 Å². The molecule has 0 bridgehead atoms. The number of hydrogen-bond acceptors (Lipinski definition) is 4. The van der Waals surface area contributed by atoms with Crippen molar-refractivity contribution in [2.45, 2.75) is 29.6 Å². The molecule has 0 rings (SSSR count). The van der Waals surface area contributed by atoms with Crippen molar-refractivity contribution < 1.29 is 27.0 Å². The summed E-state index contributed by atoms with van der Waals surface area (Å²) < 4.78 is 33.1. The molecular weight excluding hydrogens is 469 g/mol. The van der Waals surface area contributed by atoms with E-state index in [4.69, 9.17) is 3.45 Å². The zero-order valence-corrected chi connectivity index (χ0v) is 16.8. The molecule has 7 heteroatoms. The average Bonchev–Trinajstić information content (AvgIpc) is 1.43. The maximum atomic E-state index is 11.4. The van der Waals surface area contributed by atoms with Crippen molar-refractivity contribution in [1.82, 2.24) is 0 Å². The van der Waals surface area contributed by atoms with E-state index >= 15 is 0 Å². The molecule has 0 heterocycles. The normalized spacial score (nSPS) is 14.6. The summed E-state index contributed by atoms with van der Waals surface area (Å²) in [4.78, 5) is 11.5. The van der Waals surface area contributed by atoms with Crippen LogP contribution in [0.3, 0.4) is 0 Å². The van der Waals surface area contributed by atoms with Gasteiger partial charge in [-0.3, -0.25) is 0 Å². The summed E-state index contributed by atoms with van der Waals surface area (Å²) in [6.07, 6.45) is 0. The Balaban J connectivity index is 4.46. The summed E-state index contributed by atoms with van der Waals surface area (Å²) in [6.45, 7) is 0. The average molecular weight is 488 g/mol. The molecule has 0 atom stereocenters. The first-order valence-corrected chi connectivity index (χ1v) is 26.8. The fourth-order valence-corrected chi connectivity index (χ4v) is 28.8. The minimum absolute atomic E-state index is 1.91. The molecule has 0 aliphatic heterocycles. The van der Waals surface area contributed by atoms with Crippen molar-refractivity contribution in [3.05, 3.63) is 0 Å². The van der Waals surface area contributed by atoms with Crippen molar-refractivity contribution in [2.75, 3.05) is 0 Å². The summed E-state index contributed by atoms with van der Waals surface area (Å²) in [5, 5.41) is 0. The molecule has 0 aliphatic carbocycles. The number of rotatable bonds is 4. The molecule has 4 nitrogen and oxygen atoms in total. The van der Waals surface area contributed by atoms with Crippen molar-refractivity contribution >= 4 is 37.6 Å². The Morgan fingerprint density at radius 2 is 1.00 bits per heavy atom. The third-order valence-corrected chi connectivity index (χ3v) is 27.9. The minimum atomic E-state index is -4.82. The van der Waals surface area contributed by atoms with Gasteiger partial charge in [0.15, 0.2) is 0 Å².